The number of aryl methyl sites for hydroxylation is 1. The summed E-state index contributed by atoms with van der Waals surface area (Å²) >= 11 is 6.12. The maximum Gasteiger partial charge on any atom is 0.291 e. The largest absolute Gasteiger partial charge is 0.369 e. The summed E-state index contributed by atoms with van der Waals surface area (Å²) in [6, 6.07) is 15.7. The fraction of sp³-hybridized carbons (Fsp3) is 0.320. The number of nitrogens with one attached hydrogen (secondary N) is 1. The van der Waals surface area contributed by atoms with Crippen LogP contribution in [0.1, 0.15) is 0 Å². The lowest BCUT2D eigenvalue weighted by atomic mass is 10.2. The Morgan fingerprint density at radius 1 is 1.06 bits per heavy atom. The van der Waals surface area contributed by atoms with Crippen LogP contribution in [0.15, 0.2) is 59.5 Å². The molecule has 0 saturated carbocycles. The van der Waals surface area contributed by atoms with E-state index in [1.807, 2.05) is 42.5 Å². The van der Waals surface area contributed by atoms with Gasteiger partial charge in [-0.25, -0.2) is 4.68 Å². The Bertz CT molecular complexity index is 1400. The maximum atomic E-state index is 12.8. The van der Waals surface area contributed by atoms with Crippen LogP contribution < -0.4 is 15.8 Å². The standard InChI is InChI=1S/C25H27ClN6O2/c1-29-25(34)24-21(16-28-29)20-7-2-3-8-22(20)32(24)17-23(33)27-9-10-30-11-13-31(14-12-30)19-6-4-5-18(26)15-19/h2-8,15-16H,9-14,17H2,1H3,(H,27,33). The summed E-state index contributed by atoms with van der Waals surface area (Å²) in [6.07, 6.45) is 1.69. The van der Waals surface area contributed by atoms with Crippen molar-refractivity contribution in [3.05, 3.63) is 70.1 Å². The van der Waals surface area contributed by atoms with Crippen molar-refractivity contribution in [2.24, 2.45) is 7.05 Å². The molecular weight excluding hydrogens is 452 g/mol. The van der Waals surface area contributed by atoms with Crippen molar-refractivity contribution >= 4 is 45.0 Å². The number of anilines is 1. The Kier molecular flexibility index (Phi) is 6.26. The van der Waals surface area contributed by atoms with Crippen molar-refractivity contribution in [3.8, 4) is 0 Å². The molecule has 34 heavy (non-hydrogen) atoms. The van der Waals surface area contributed by atoms with E-state index in [-0.39, 0.29) is 18.0 Å². The van der Waals surface area contributed by atoms with E-state index in [1.165, 1.54) is 4.68 Å². The number of hydrogen-bond acceptors (Lipinski definition) is 5. The number of aromatic nitrogens is 3. The molecule has 1 N–H and O–H groups in total. The molecule has 3 heterocycles. The van der Waals surface area contributed by atoms with E-state index in [1.54, 1.807) is 17.8 Å². The molecule has 1 aliphatic heterocycles. The molecule has 0 radical (unpaired) electrons. The number of carbonyl (C=O) groups is 1. The molecule has 9 heteroatoms. The molecule has 0 atom stereocenters. The maximum absolute atomic E-state index is 12.8. The van der Waals surface area contributed by atoms with Crippen LogP contribution in [0.25, 0.3) is 21.8 Å². The number of benzene rings is 2. The minimum atomic E-state index is -0.209. The minimum absolute atomic E-state index is 0.0891. The van der Waals surface area contributed by atoms with Gasteiger partial charge in [0, 0.05) is 73.3 Å². The predicted octanol–water partition coefficient (Wildman–Crippen LogP) is 2.48. The number of rotatable bonds is 6. The molecule has 0 bridgehead atoms. The van der Waals surface area contributed by atoms with Gasteiger partial charge in [0.2, 0.25) is 5.91 Å². The second-order valence-corrected chi connectivity index (χ2v) is 9.03. The van der Waals surface area contributed by atoms with Crippen LogP contribution in [0.3, 0.4) is 0 Å². The number of halogens is 1. The van der Waals surface area contributed by atoms with Crippen LogP contribution in [0.2, 0.25) is 5.02 Å². The van der Waals surface area contributed by atoms with Crippen molar-refractivity contribution in [2.45, 2.75) is 6.54 Å². The van der Waals surface area contributed by atoms with Gasteiger partial charge in [-0.15, -0.1) is 0 Å². The first-order chi connectivity index (χ1) is 16.5. The SMILES string of the molecule is Cn1ncc2c3ccccc3n(CC(=O)NCCN3CCN(c4cccc(Cl)c4)CC3)c2c1=O. The Balaban J connectivity index is 1.20. The molecule has 1 aliphatic rings. The van der Waals surface area contributed by atoms with E-state index in [2.05, 4.69) is 26.3 Å². The van der Waals surface area contributed by atoms with E-state index < -0.39 is 0 Å². The van der Waals surface area contributed by atoms with E-state index >= 15 is 0 Å². The van der Waals surface area contributed by atoms with Gasteiger partial charge in [0.15, 0.2) is 0 Å². The van der Waals surface area contributed by atoms with E-state index in [0.29, 0.717) is 12.1 Å². The van der Waals surface area contributed by atoms with Crippen molar-refractivity contribution in [1.29, 1.82) is 0 Å². The highest BCUT2D eigenvalue weighted by Gasteiger charge is 2.19. The average molecular weight is 479 g/mol. The molecule has 4 aromatic rings. The predicted molar refractivity (Wildman–Crippen MR) is 136 cm³/mol. The van der Waals surface area contributed by atoms with Crippen LogP contribution >= 0.6 is 11.6 Å². The molecule has 0 spiro atoms. The highest BCUT2D eigenvalue weighted by Crippen LogP contribution is 2.26. The van der Waals surface area contributed by atoms with Crippen molar-refractivity contribution in [3.63, 3.8) is 0 Å². The van der Waals surface area contributed by atoms with Gasteiger partial charge in [0.1, 0.15) is 12.1 Å². The zero-order chi connectivity index (χ0) is 23.7. The minimum Gasteiger partial charge on any atom is -0.369 e. The quantitative estimate of drug-likeness (QED) is 0.461. The van der Waals surface area contributed by atoms with Crippen molar-refractivity contribution in [1.82, 2.24) is 24.6 Å². The summed E-state index contributed by atoms with van der Waals surface area (Å²) in [4.78, 5) is 30.3. The number of hydrogen-bond donors (Lipinski definition) is 1. The van der Waals surface area contributed by atoms with Crippen LogP contribution in [0, 0.1) is 0 Å². The Labute approximate surface area is 202 Å². The fourth-order valence-electron chi connectivity index (χ4n) is 4.66. The van der Waals surface area contributed by atoms with Gasteiger partial charge in [-0.05, 0) is 24.3 Å². The van der Waals surface area contributed by atoms with Crippen LogP contribution in [0.4, 0.5) is 5.69 Å². The van der Waals surface area contributed by atoms with E-state index in [9.17, 15) is 9.59 Å². The molecule has 2 aromatic carbocycles. The van der Waals surface area contributed by atoms with Gasteiger partial charge >= 0.3 is 0 Å². The molecule has 1 fully saturated rings. The zero-order valence-electron chi connectivity index (χ0n) is 19.1. The van der Waals surface area contributed by atoms with Gasteiger partial charge < -0.3 is 14.8 Å². The molecule has 176 valence electrons. The van der Waals surface area contributed by atoms with Crippen molar-refractivity contribution in [2.75, 3.05) is 44.2 Å². The molecule has 8 nitrogen and oxygen atoms in total. The van der Waals surface area contributed by atoms with Crippen LogP contribution in [0.5, 0.6) is 0 Å². The van der Waals surface area contributed by atoms with Gasteiger partial charge in [0.05, 0.1) is 6.20 Å². The second-order valence-electron chi connectivity index (χ2n) is 8.60. The van der Waals surface area contributed by atoms with Crippen LogP contribution in [-0.2, 0) is 18.4 Å². The lowest BCUT2D eigenvalue weighted by Gasteiger charge is -2.36. The van der Waals surface area contributed by atoms with E-state index in [4.69, 9.17) is 11.6 Å². The fourth-order valence-corrected chi connectivity index (χ4v) is 4.85. The first-order valence-electron chi connectivity index (χ1n) is 11.4. The van der Waals surface area contributed by atoms with Crippen molar-refractivity contribution < 1.29 is 4.79 Å². The number of fused-ring (bicyclic) bond motifs is 3. The highest BCUT2D eigenvalue weighted by molar-refractivity contribution is 6.30. The molecule has 1 amide bonds. The smallest absolute Gasteiger partial charge is 0.291 e. The summed E-state index contributed by atoms with van der Waals surface area (Å²) in [5, 5.41) is 9.62. The Morgan fingerprint density at radius 3 is 2.65 bits per heavy atom. The van der Waals surface area contributed by atoms with E-state index in [0.717, 1.165) is 59.7 Å². The number of carbonyl (C=O) groups excluding carboxylic acids is 1. The molecule has 1 saturated heterocycles. The lowest BCUT2D eigenvalue weighted by molar-refractivity contribution is -0.121. The lowest BCUT2D eigenvalue weighted by Crippen LogP contribution is -2.48. The van der Waals surface area contributed by atoms with Gasteiger partial charge in [-0.3, -0.25) is 14.5 Å². The Morgan fingerprint density at radius 2 is 1.85 bits per heavy atom. The first-order valence-corrected chi connectivity index (χ1v) is 11.8. The monoisotopic (exact) mass is 478 g/mol. The normalized spacial score (nSPS) is 14.7. The molecule has 5 rings (SSSR count). The number of amides is 1. The summed E-state index contributed by atoms with van der Waals surface area (Å²) < 4.78 is 3.10. The number of para-hydroxylation sites is 1. The Hall–Kier alpha value is -3.36. The highest BCUT2D eigenvalue weighted by atomic mass is 35.5. The topological polar surface area (TPSA) is 75.4 Å². The summed E-state index contributed by atoms with van der Waals surface area (Å²) in [6.45, 7) is 5.14. The number of piperazine rings is 1. The third kappa shape index (κ3) is 4.38. The third-order valence-corrected chi connectivity index (χ3v) is 6.70. The first kappa shape index (κ1) is 22.4. The van der Waals surface area contributed by atoms with Gasteiger partial charge in [0.25, 0.3) is 5.56 Å². The van der Waals surface area contributed by atoms with Gasteiger partial charge in [-0.1, -0.05) is 35.9 Å². The zero-order valence-corrected chi connectivity index (χ0v) is 19.8. The van der Waals surface area contributed by atoms with Crippen LogP contribution in [-0.4, -0.2) is 64.4 Å². The average Bonchev–Trinajstić information content (AvgIpc) is 3.16. The molecule has 0 aliphatic carbocycles. The molecular formula is C25H27ClN6O2. The van der Waals surface area contributed by atoms with Gasteiger partial charge in [-0.2, -0.15) is 5.10 Å². The molecule has 2 aromatic heterocycles. The summed E-state index contributed by atoms with van der Waals surface area (Å²) in [5.41, 5.74) is 2.30. The molecule has 0 unspecified atom stereocenters. The third-order valence-electron chi connectivity index (χ3n) is 6.46. The summed E-state index contributed by atoms with van der Waals surface area (Å²) in [5.74, 6) is -0.112. The summed E-state index contributed by atoms with van der Waals surface area (Å²) in [7, 11) is 1.62. The second kappa shape index (κ2) is 9.48. The number of nitrogens with zero attached hydrogens (tertiary/aromatic N) is 5.